The van der Waals surface area contributed by atoms with Gasteiger partial charge < -0.3 is 9.64 Å². The van der Waals surface area contributed by atoms with Gasteiger partial charge in [-0.2, -0.15) is 0 Å². The van der Waals surface area contributed by atoms with E-state index in [1.54, 1.807) is 38.1 Å². The molecule has 1 aliphatic heterocycles. The lowest BCUT2D eigenvalue weighted by molar-refractivity contribution is -0.121. The molecule has 2 rings (SSSR count). The van der Waals surface area contributed by atoms with Crippen molar-refractivity contribution in [2.45, 2.75) is 26.4 Å². The molecular formula is C14H15NO4. The third-order valence-electron chi connectivity index (χ3n) is 2.74. The van der Waals surface area contributed by atoms with E-state index in [1.165, 1.54) is 4.90 Å². The second-order valence-electron chi connectivity index (χ2n) is 4.70. The van der Waals surface area contributed by atoms with Gasteiger partial charge in [0.05, 0.1) is 24.6 Å². The second kappa shape index (κ2) is 5.22. The fourth-order valence-electron chi connectivity index (χ4n) is 1.88. The van der Waals surface area contributed by atoms with Crippen molar-refractivity contribution in [3.05, 3.63) is 29.8 Å². The van der Waals surface area contributed by atoms with Crippen molar-refractivity contribution < 1.29 is 19.1 Å². The van der Waals surface area contributed by atoms with E-state index in [2.05, 4.69) is 0 Å². The number of esters is 1. The van der Waals surface area contributed by atoms with Crippen LogP contribution in [0.15, 0.2) is 24.3 Å². The van der Waals surface area contributed by atoms with Gasteiger partial charge in [0.25, 0.3) is 0 Å². The summed E-state index contributed by atoms with van der Waals surface area (Å²) >= 11 is 0. The number of ether oxygens (including phenoxy) is 1. The number of rotatable bonds is 3. The Morgan fingerprint density at radius 2 is 1.84 bits per heavy atom. The third-order valence-corrected chi connectivity index (χ3v) is 2.74. The van der Waals surface area contributed by atoms with Crippen LogP contribution in [0.3, 0.4) is 0 Å². The molecule has 1 aromatic carbocycles. The molecule has 0 spiro atoms. The molecule has 1 saturated heterocycles. The average molecular weight is 261 g/mol. The average Bonchev–Trinajstić information content (AvgIpc) is 2.68. The Balaban J connectivity index is 2.12. The van der Waals surface area contributed by atoms with Gasteiger partial charge in [0, 0.05) is 5.69 Å². The zero-order chi connectivity index (χ0) is 14.0. The van der Waals surface area contributed by atoms with Gasteiger partial charge in [-0.25, -0.2) is 4.79 Å². The predicted octanol–water partition coefficient (Wildman–Crippen LogP) is 1.56. The van der Waals surface area contributed by atoms with E-state index in [0.29, 0.717) is 11.3 Å². The monoisotopic (exact) mass is 261 g/mol. The number of amides is 1. The van der Waals surface area contributed by atoms with E-state index in [-0.39, 0.29) is 30.8 Å². The number of ketones is 1. The molecule has 5 heteroatoms. The summed E-state index contributed by atoms with van der Waals surface area (Å²) in [6.45, 7) is 3.66. The maximum absolute atomic E-state index is 11.6. The number of hydrogen-bond donors (Lipinski definition) is 0. The lowest BCUT2D eigenvalue weighted by Crippen LogP contribution is -2.24. The van der Waals surface area contributed by atoms with Crippen LogP contribution >= 0.6 is 0 Å². The molecule has 19 heavy (non-hydrogen) atoms. The Morgan fingerprint density at radius 1 is 1.21 bits per heavy atom. The van der Waals surface area contributed by atoms with Crippen molar-refractivity contribution in [3.63, 3.8) is 0 Å². The summed E-state index contributed by atoms with van der Waals surface area (Å²) in [4.78, 5) is 35.8. The van der Waals surface area contributed by atoms with Crippen LogP contribution in [0.2, 0.25) is 0 Å². The molecule has 0 N–H and O–H groups in total. The topological polar surface area (TPSA) is 63.7 Å². The molecule has 0 saturated carbocycles. The van der Waals surface area contributed by atoms with Crippen molar-refractivity contribution in [3.8, 4) is 0 Å². The molecule has 1 aliphatic rings. The number of carbonyl (C=O) groups is 3. The van der Waals surface area contributed by atoms with Crippen molar-refractivity contribution >= 4 is 23.3 Å². The van der Waals surface area contributed by atoms with Crippen LogP contribution in [-0.2, 0) is 14.3 Å². The largest absolute Gasteiger partial charge is 0.459 e. The van der Waals surface area contributed by atoms with Gasteiger partial charge in [-0.05, 0) is 38.1 Å². The van der Waals surface area contributed by atoms with E-state index >= 15 is 0 Å². The van der Waals surface area contributed by atoms with Crippen LogP contribution in [0.25, 0.3) is 0 Å². The fraction of sp³-hybridized carbons (Fsp3) is 0.357. The first-order valence-corrected chi connectivity index (χ1v) is 6.10. The Kier molecular flexibility index (Phi) is 3.64. The molecular weight excluding hydrogens is 246 g/mol. The highest BCUT2D eigenvalue weighted by Crippen LogP contribution is 2.20. The minimum absolute atomic E-state index is 0.0445. The van der Waals surface area contributed by atoms with E-state index in [0.717, 1.165) is 0 Å². The predicted molar refractivity (Wildman–Crippen MR) is 69.0 cm³/mol. The standard InChI is InChI=1S/C14H15NO4/c1-9(2)19-14(18)10-3-5-11(6-4-10)15-8-12(16)7-13(15)17/h3-6,9H,7-8H2,1-2H3. The summed E-state index contributed by atoms with van der Waals surface area (Å²) < 4.78 is 5.07. The van der Waals surface area contributed by atoms with E-state index in [4.69, 9.17) is 4.74 Å². The Bertz CT molecular complexity index is 519. The maximum atomic E-state index is 11.6. The number of anilines is 1. The highest BCUT2D eigenvalue weighted by molar-refractivity contribution is 6.15. The van der Waals surface area contributed by atoms with Crippen molar-refractivity contribution in [2.24, 2.45) is 0 Å². The molecule has 0 radical (unpaired) electrons. The van der Waals surface area contributed by atoms with Crippen LogP contribution in [0.4, 0.5) is 5.69 Å². The Hall–Kier alpha value is -2.17. The summed E-state index contributed by atoms with van der Waals surface area (Å²) in [5, 5.41) is 0. The minimum atomic E-state index is -0.398. The lowest BCUT2D eigenvalue weighted by atomic mass is 10.2. The second-order valence-corrected chi connectivity index (χ2v) is 4.70. The number of Topliss-reactive ketones (excluding diaryl/α,β-unsaturated/α-hetero) is 1. The first-order valence-electron chi connectivity index (χ1n) is 6.10. The van der Waals surface area contributed by atoms with E-state index in [1.807, 2.05) is 0 Å². The summed E-state index contributed by atoms with van der Waals surface area (Å²) in [6, 6.07) is 6.48. The first-order chi connectivity index (χ1) is 8.97. The molecule has 100 valence electrons. The van der Waals surface area contributed by atoms with E-state index < -0.39 is 5.97 Å². The number of benzene rings is 1. The molecule has 1 aromatic rings. The third kappa shape index (κ3) is 2.99. The van der Waals surface area contributed by atoms with Gasteiger partial charge in [-0.1, -0.05) is 0 Å². The Morgan fingerprint density at radius 3 is 2.32 bits per heavy atom. The van der Waals surface area contributed by atoms with Crippen LogP contribution in [0.5, 0.6) is 0 Å². The summed E-state index contributed by atoms with van der Waals surface area (Å²) in [5.74, 6) is -0.693. The van der Waals surface area contributed by atoms with Crippen molar-refractivity contribution in [1.29, 1.82) is 0 Å². The quantitative estimate of drug-likeness (QED) is 0.612. The molecule has 0 unspecified atom stereocenters. The minimum Gasteiger partial charge on any atom is -0.459 e. The van der Waals surface area contributed by atoms with Crippen LogP contribution in [0, 0.1) is 0 Å². The smallest absolute Gasteiger partial charge is 0.338 e. The summed E-state index contributed by atoms with van der Waals surface area (Å²) in [5.41, 5.74) is 1.05. The highest BCUT2D eigenvalue weighted by Gasteiger charge is 2.28. The molecule has 0 atom stereocenters. The van der Waals surface area contributed by atoms with Crippen LogP contribution in [0.1, 0.15) is 30.6 Å². The van der Waals surface area contributed by atoms with Crippen molar-refractivity contribution in [2.75, 3.05) is 11.4 Å². The SMILES string of the molecule is CC(C)OC(=O)c1ccc(N2CC(=O)CC2=O)cc1. The van der Waals surface area contributed by atoms with Gasteiger partial charge in [0.2, 0.25) is 5.91 Å². The Labute approximate surface area is 111 Å². The first kappa shape index (κ1) is 13.3. The maximum Gasteiger partial charge on any atom is 0.338 e. The highest BCUT2D eigenvalue weighted by atomic mass is 16.5. The summed E-state index contributed by atoms with van der Waals surface area (Å²) in [6.07, 6.45) is -0.220. The van der Waals surface area contributed by atoms with Gasteiger partial charge >= 0.3 is 5.97 Å². The molecule has 1 amide bonds. The molecule has 5 nitrogen and oxygen atoms in total. The fourth-order valence-corrected chi connectivity index (χ4v) is 1.88. The van der Waals surface area contributed by atoms with Gasteiger partial charge in [0.1, 0.15) is 0 Å². The zero-order valence-corrected chi connectivity index (χ0v) is 10.9. The lowest BCUT2D eigenvalue weighted by Gasteiger charge is -2.15. The molecule has 1 fully saturated rings. The van der Waals surface area contributed by atoms with Crippen molar-refractivity contribution in [1.82, 2.24) is 0 Å². The van der Waals surface area contributed by atoms with Gasteiger partial charge in [0.15, 0.2) is 5.78 Å². The molecule has 0 aliphatic carbocycles. The molecule has 0 aromatic heterocycles. The summed E-state index contributed by atoms with van der Waals surface area (Å²) in [7, 11) is 0. The van der Waals surface area contributed by atoms with Crippen LogP contribution < -0.4 is 4.90 Å². The van der Waals surface area contributed by atoms with Gasteiger partial charge in [-0.3, -0.25) is 9.59 Å². The molecule has 1 heterocycles. The zero-order valence-electron chi connectivity index (χ0n) is 10.9. The van der Waals surface area contributed by atoms with E-state index in [9.17, 15) is 14.4 Å². The number of hydrogen-bond acceptors (Lipinski definition) is 4. The number of nitrogens with zero attached hydrogens (tertiary/aromatic N) is 1. The van der Waals surface area contributed by atoms with Gasteiger partial charge in [-0.15, -0.1) is 0 Å². The molecule has 0 bridgehead atoms. The van der Waals surface area contributed by atoms with Crippen LogP contribution in [-0.4, -0.2) is 30.3 Å². The normalized spacial score (nSPS) is 15.2. The number of carbonyl (C=O) groups excluding carboxylic acids is 3.